The summed E-state index contributed by atoms with van der Waals surface area (Å²) < 4.78 is 0.421. The first-order chi connectivity index (χ1) is 7.07. The molecule has 1 N–H and O–H groups in total. The monoisotopic (exact) mass is 244 g/mol. The average molecular weight is 244 g/mol. The van der Waals surface area contributed by atoms with Gasteiger partial charge in [-0.25, -0.2) is 0 Å². The van der Waals surface area contributed by atoms with Crippen molar-refractivity contribution in [1.82, 2.24) is 10.2 Å². The van der Waals surface area contributed by atoms with Gasteiger partial charge in [0.2, 0.25) is 0 Å². The minimum atomic E-state index is 0.421. The Hall–Kier alpha value is 0.0400. The predicted molar refractivity (Wildman–Crippen MR) is 71.5 cm³/mol. The Morgan fingerprint density at radius 3 is 2.80 bits per heavy atom. The summed E-state index contributed by atoms with van der Waals surface area (Å²) in [6.45, 7) is 6.88. The highest BCUT2D eigenvalue weighted by atomic mass is 32.2. The van der Waals surface area contributed by atoms with Crippen molar-refractivity contribution in [3.8, 4) is 0 Å². The van der Waals surface area contributed by atoms with E-state index in [1.807, 2.05) is 0 Å². The number of nitrogens with zero attached hydrogens (tertiary/aromatic N) is 1. The fraction of sp³-hybridized carbons (Fsp3) is 0.909. The van der Waals surface area contributed by atoms with Crippen LogP contribution in [0.5, 0.6) is 0 Å². The van der Waals surface area contributed by atoms with Gasteiger partial charge in [-0.1, -0.05) is 13.8 Å². The molecule has 0 unspecified atom stereocenters. The van der Waals surface area contributed by atoms with Crippen molar-refractivity contribution < 1.29 is 0 Å². The van der Waals surface area contributed by atoms with Crippen LogP contribution in [0.4, 0.5) is 0 Å². The molecule has 1 saturated carbocycles. The molecule has 0 aromatic heterocycles. The maximum absolute atomic E-state index is 5.43. The number of nitrogens with one attached hydrogen (secondary N) is 1. The summed E-state index contributed by atoms with van der Waals surface area (Å²) in [5.74, 6) is 1.19. The van der Waals surface area contributed by atoms with Crippen molar-refractivity contribution in [1.29, 1.82) is 0 Å². The Morgan fingerprint density at radius 2 is 2.13 bits per heavy atom. The van der Waals surface area contributed by atoms with Gasteiger partial charge in [0.1, 0.15) is 0 Å². The second kappa shape index (κ2) is 4.50. The summed E-state index contributed by atoms with van der Waals surface area (Å²) >= 11 is 7.50. The Labute approximate surface area is 102 Å². The zero-order valence-corrected chi connectivity index (χ0v) is 11.2. The number of thioether (sulfide) groups is 1. The molecule has 2 aliphatic rings. The molecule has 0 aromatic rings. The molecule has 2 fully saturated rings. The van der Waals surface area contributed by atoms with Gasteiger partial charge in [-0.3, -0.25) is 0 Å². The zero-order valence-electron chi connectivity index (χ0n) is 9.58. The molecule has 1 aliphatic carbocycles. The molecular weight excluding hydrogens is 224 g/mol. The van der Waals surface area contributed by atoms with Gasteiger partial charge >= 0.3 is 0 Å². The van der Waals surface area contributed by atoms with Crippen molar-refractivity contribution in [2.75, 3.05) is 18.8 Å². The van der Waals surface area contributed by atoms with Crippen molar-refractivity contribution in [3.63, 3.8) is 0 Å². The molecule has 2 rings (SSSR count). The maximum Gasteiger partial charge on any atom is 0.169 e. The zero-order chi connectivity index (χ0) is 10.9. The summed E-state index contributed by atoms with van der Waals surface area (Å²) in [6, 6.07) is 0.682. The van der Waals surface area contributed by atoms with Crippen molar-refractivity contribution in [2.24, 2.45) is 0 Å². The van der Waals surface area contributed by atoms with Gasteiger partial charge in [0.05, 0.1) is 0 Å². The van der Waals surface area contributed by atoms with E-state index in [4.69, 9.17) is 12.2 Å². The minimum Gasteiger partial charge on any atom is -0.360 e. The fourth-order valence-corrected chi connectivity index (χ4v) is 3.17. The largest absolute Gasteiger partial charge is 0.360 e. The fourth-order valence-electron chi connectivity index (χ4n) is 1.72. The molecule has 2 nitrogen and oxygen atoms in total. The molecule has 0 amide bonds. The van der Waals surface area contributed by atoms with Gasteiger partial charge in [0.15, 0.2) is 5.11 Å². The molecule has 86 valence electrons. The quantitative estimate of drug-likeness (QED) is 0.711. The van der Waals surface area contributed by atoms with Gasteiger partial charge in [-0.05, 0) is 31.5 Å². The highest BCUT2D eigenvalue weighted by Gasteiger charge is 2.27. The van der Waals surface area contributed by atoms with Crippen LogP contribution in [0.2, 0.25) is 0 Å². The number of thiocarbonyl (C=S) groups is 1. The molecule has 4 heteroatoms. The Bertz CT molecular complexity index is 249. The van der Waals surface area contributed by atoms with Crippen LogP contribution in [-0.4, -0.2) is 39.6 Å². The minimum absolute atomic E-state index is 0.421. The van der Waals surface area contributed by atoms with Crippen LogP contribution in [0.25, 0.3) is 0 Å². The third kappa shape index (κ3) is 3.52. The second-order valence-corrected chi connectivity index (χ2v) is 7.26. The van der Waals surface area contributed by atoms with E-state index in [-0.39, 0.29) is 0 Å². The molecule has 1 saturated heterocycles. The molecule has 0 atom stereocenters. The lowest BCUT2D eigenvalue weighted by atomic mass is 10.1. The van der Waals surface area contributed by atoms with Crippen LogP contribution in [0.1, 0.15) is 33.1 Å². The molecule has 1 aliphatic heterocycles. The van der Waals surface area contributed by atoms with Gasteiger partial charge in [0, 0.05) is 29.6 Å². The summed E-state index contributed by atoms with van der Waals surface area (Å²) in [4.78, 5) is 2.34. The summed E-state index contributed by atoms with van der Waals surface area (Å²) in [6.07, 6.45) is 3.83. The van der Waals surface area contributed by atoms with Gasteiger partial charge in [0.25, 0.3) is 0 Å². The van der Waals surface area contributed by atoms with E-state index in [2.05, 4.69) is 35.8 Å². The van der Waals surface area contributed by atoms with E-state index in [0.717, 1.165) is 18.2 Å². The molecule has 0 bridgehead atoms. The van der Waals surface area contributed by atoms with Crippen LogP contribution >= 0.6 is 24.0 Å². The molecule has 0 radical (unpaired) electrons. The Kier molecular flexibility index (Phi) is 3.45. The summed E-state index contributed by atoms with van der Waals surface area (Å²) in [5.41, 5.74) is 0. The first-order valence-electron chi connectivity index (χ1n) is 5.76. The van der Waals surface area contributed by atoms with Crippen molar-refractivity contribution in [2.45, 2.75) is 43.9 Å². The lowest BCUT2D eigenvalue weighted by molar-refractivity contribution is 0.416. The lowest BCUT2D eigenvalue weighted by Gasteiger charge is -2.25. The topological polar surface area (TPSA) is 15.3 Å². The molecular formula is C11H20N2S2. The first-order valence-corrected chi connectivity index (χ1v) is 7.16. The average Bonchev–Trinajstić information content (AvgIpc) is 2.93. The van der Waals surface area contributed by atoms with Gasteiger partial charge < -0.3 is 10.2 Å². The third-order valence-electron chi connectivity index (χ3n) is 3.03. The molecule has 1 heterocycles. The van der Waals surface area contributed by atoms with Crippen LogP contribution in [0.15, 0.2) is 0 Å². The van der Waals surface area contributed by atoms with Crippen molar-refractivity contribution in [3.05, 3.63) is 0 Å². The van der Waals surface area contributed by atoms with E-state index in [1.165, 1.54) is 25.0 Å². The van der Waals surface area contributed by atoms with Crippen LogP contribution in [0.3, 0.4) is 0 Å². The van der Waals surface area contributed by atoms with Crippen LogP contribution < -0.4 is 5.32 Å². The first kappa shape index (κ1) is 11.5. The van der Waals surface area contributed by atoms with Crippen LogP contribution in [-0.2, 0) is 0 Å². The van der Waals surface area contributed by atoms with E-state index in [1.54, 1.807) is 0 Å². The Balaban J connectivity index is 1.84. The predicted octanol–water partition coefficient (Wildman–Crippen LogP) is 2.24. The molecule has 15 heavy (non-hydrogen) atoms. The van der Waals surface area contributed by atoms with Gasteiger partial charge in [-0.15, -0.1) is 0 Å². The maximum atomic E-state index is 5.43. The normalized spacial score (nSPS) is 25.9. The number of rotatable bonds is 1. The standard InChI is InChI=1S/C11H20N2S2/c1-11(2)5-6-13(7-8-15-11)10(14)12-9-3-4-9/h9H,3-8H2,1-2H3,(H,12,14). The smallest absolute Gasteiger partial charge is 0.169 e. The highest BCUT2D eigenvalue weighted by Crippen LogP contribution is 2.30. The van der Waals surface area contributed by atoms with E-state index in [0.29, 0.717) is 10.8 Å². The second-order valence-electron chi connectivity index (χ2n) is 5.07. The lowest BCUT2D eigenvalue weighted by Crippen LogP contribution is -2.42. The highest BCUT2D eigenvalue weighted by molar-refractivity contribution is 8.00. The van der Waals surface area contributed by atoms with E-state index < -0.39 is 0 Å². The number of hydrogen-bond acceptors (Lipinski definition) is 2. The number of hydrogen-bond donors (Lipinski definition) is 1. The Morgan fingerprint density at radius 1 is 1.40 bits per heavy atom. The van der Waals surface area contributed by atoms with Gasteiger partial charge in [-0.2, -0.15) is 11.8 Å². The summed E-state index contributed by atoms with van der Waals surface area (Å²) in [7, 11) is 0. The molecule has 0 aromatic carbocycles. The van der Waals surface area contributed by atoms with E-state index in [9.17, 15) is 0 Å². The SMILES string of the molecule is CC1(C)CCN(C(=S)NC2CC2)CCS1. The van der Waals surface area contributed by atoms with Crippen LogP contribution in [0, 0.1) is 0 Å². The summed E-state index contributed by atoms with van der Waals surface area (Å²) in [5, 5.41) is 4.41. The van der Waals surface area contributed by atoms with Crippen molar-refractivity contribution >= 4 is 29.1 Å². The third-order valence-corrected chi connectivity index (χ3v) is 4.78. The molecule has 0 spiro atoms. The van der Waals surface area contributed by atoms with E-state index >= 15 is 0 Å².